The Bertz CT molecular complexity index is 547. The number of rotatable bonds is 3. The van der Waals surface area contributed by atoms with Crippen LogP contribution in [-0.4, -0.2) is 46.1 Å². The molecule has 100 valence electrons. The molecule has 19 heavy (non-hydrogen) atoms. The van der Waals surface area contributed by atoms with Gasteiger partial charge in [0.25, 0.3) is 0 Å². The Morgan fingerprint density at radius 3 is 2.79 bits per heavy atom. The summed E-state index contributed by atoms with van der Waals surface area (Å²) in [5.41, 5.74) is 1.84. The van der Waals surface area contributed by atoms with Gasteiger partial charge in [0.2, 0.25) is 0 Å². The summed E-state index contributed by atoms with van der Waals surface area (Å²) >= 11 is 6.15. The molecule has 0 aliphatic carbocycles. The zero-order valence-corrected chi connectivity index (χ0v) is 11.3. The fraction of sp³-hybridized carbons (Fsp3) is 0.385. The van der Waals surface area contributed by atoms with Gasteiger partial charge in [0.1, 0.15) is 0 Å². The Morgan fingerprint density at radius 1 is 1.21 bits per heavy atom. The van der Waals surface area contributed by atoms with Crippen molar-refractivity contribution in [3.05, 3.63) is 41.2 Å². The molecule has 1 saturated heterocycles. The molecule has 1 aliphatic rings. The van der Waals surface area contributed by atoms with E-state index < -0.39 is 0 Å². The number of benzene rings is 1. The van der Waals surface area contributed by atoms with E-state index in [4.69, 9.17) is 11.6 Å². The maximum atomic E-state index is 6.15. The lowest BCUT2D eigenvalue weighted by atomic mass is 10.3. The molecule has 0 bridgehead atoms. The van der Waals surface area contributed by atoms with Crippen molar-refractivity contribution in [2.75, 3.05) is 26.2 Å². The van der Waals surface area contributed by atoms with E-state index in [1.165, 1.54) is 0 Å². The lowest BCUT2D eigenvalue weighted by Gasteiger charge is -2.25. The molecule has 2 aromatic rings. The molecule has 6 heteroatoms. The van der Waals surface area contributed by atoms with Crippen molar-refractivity contribution in [3.8, 4) is 5.69 Å². The maximum absolute atomic E-state index is 6.15. The Balaban J connectivity index is 1.74. The number of hydrogen-bond donors (Lipinski definition) is 1. The van der Waals surface area contributed by atoms with E-state index in [0.29, 0.717) is 5.02 Å². The van der Waals surface area contributed by atoms with E-state index in [1.807, 2.05) is 30.5 Å². The van der Waals surface area contributed by atoms with Gasteiger partial charge in [-0.1, -0.05) is 28.9 Å². The van der Waals surface area contributed by atoms with Crippen molar-refractivity contribution in [3.63, 3.8) is 0 Å². The average molecular weight is 278 g/mol. The smallest absolute Gasteiger partial charge is 0.0971 e. The molecular weight excluding hydrogens is 262 g/mol. The van der Waals surface area contributed by atoms with Crippen molar-refractivity contribution < 1.29 is 0 Å². The molecular formula is C13H16ClN5. The van der Waals surface area contributed by atoms with Crippen LogP contribution in [-0.2, 0) is 6.54 Å². The van der Waals surface area contributed by atoms with E-state index in [0.717, 1.165) is 44.1 Å². The normalized spacial score (nSPS) is 16.7. The van der Waals surface area contributed by atoms with Crippen LogP contribution in [0.1, 0.15) is 5.69 Å². The number of aromatic nitrogens is 3. The highest BCUT2D eigenvalue weighted by atomic mass is 35.5. The second-order valence-electron chi connectivity index (χ2n) is 4.63. The van der Waals surface area contributed by atoms with Gasteiger partial charge in [-0.3, -0.25) is 4.90 Å². The summed E-state index contributed by atoms with van der Waals surface area (Å²) in [6.45, 7) is 5.03. The van der Waals surface area contributed by atoms with Gasteiger partial charge < -0.3 is 5.32 Å². The molecule has 5 nitrogen and oxygen atoms in total. The van der Waals surface area contributed by atoms with E-state index in [9.17, 15) is 0 Å². The van der Waals surface area contributed by atoms with Gasteiger partial charge >= 0.3 is 0 Å². The fourth-order valence-electron chi connectivity index (χ4n) is 2.22. The molecule has 2 heterocycles. The summed E-state index contributed by atoms with van der Waals surface area (Å²) in [7, 11) is 0. The quantitative estimate of drug-likeness (QED) is 0.919. The van der Waals surface area contributed by atoms with Gasteiger partial charge in [0.15, 0.2) is 0 Å². The predicted octanol–water partition coefficient (Wildman–Crippen LogP) is 1.33. The Labute approximate surface area is 117 Å². The van der Waals surface area contributed by atoms with Crippen molar-refractivity contribution in [1.29, 1.82) is 0 Å². The number of halogens is 1. The molecule has 0 unspecified atom stereocenters. The second kappa shape index (κ2) is 5.69. The summed E-state index contributed by atoms with van der Waals surface area (Å²) in [6.07, 6.45) is 1.95. The van der Waals surface area contributed by atoms with Crippen LogP contribution in [0, 0.1) is 0 Å². The topological polar surface area (TPSA) is 46.0 Å². The number of nitrogens with zero attached hydrogens (tertiary/aromatic N) is 4. The molecule has 0 atom stereocenters. The minimum Gasteiger partial charge on any atom is -0.314 e. The zero-order valence-electron chi connectivity index (χ0n) is 10.6. The third-order valence-electron chi connectivity index (χ3n) is 3.24. The van der Waals surface area contributed by atoms with Crippen LogP contribution in [0.15, 0.2) is 30.5 Å². The molecule has 1 N–H and O–H groups in total. The molecule has 3 rings (SSSR count). The van der Waals surface area contributed by atoms with Gasteiger partial charge in [0, 0.05) is 32.7 Å². The first-order chi connectivity index (χ1) is 9.33. The van der Waals surface area contributed by atoms with Crippen LogP contribution >= 0.6 is 11.6 Å². The molecule has 1 aromatic carbocycles. The van der Waals surface area contributed by atoms with Crippen LogP contribution in [0.2, 0.25) is 5.02 Å². The molecule has 0 saturated carbocycles. The summed E-state index contributed by atoms with van der Waals surface area (Å²) in [5.74, 6) is 0. The monoisotopic (exact) mass is 277 g/mol. The zero-order chi connectivity index (χ0) is 13.1. The molecule has 1 fully saturated rings. The number of nitrogens with one attached hydrogen (secondary N) is 1. The molecule has 1 aromatic heterocycles. The van der Waals surface area contributed by atoms with Crippen LogP contribution < -0.4 is 5.32 Å². The predicted molar refractivity (Wildman–Crippen MR) is 74.5 cm³/mol. The molecule has 1 aliphatic heterocycles. The summed E-state index contributed by atoms with van der Waals surface area (Å²) in [4.78, 5) is 2.37. The summed E-state index contributed by atoms with van der Waals surface area (Å²) in [5, 5.41) is 12.4. The molecule has 0 amide bonds. The van der Waals surface area contributed by atoms with Gasteiger partial charge in [-0.15, -0.1) is 5.10 Å². The standard InChI is InChI=1S/C13H16ClN5/c14-12-3-1-2-4-13(12)19-10-11(16-17-19)9-18-7-5-15-6-8-18/h1-4,10,15H,5-9H2. The number of para-hydroxylation sites is 1. The largest absolute Gasteiger partial charge is 0.314 e. The van der Waals surface area contributed by atoms with Crippen molar-refractivity contribution in [2.45, 2.75) is 6.54 Å². The lowest BCUT2D eigenvalue weighted by molar-refractivity contribution is 0.230. The summed E-state index contributed by atoms with van der Waals surface area (Å²) in [6, 6.07) is 7.64. The number of hydrogen-bond acceptors (Lipinski definition) is 4. The van der Waals surface area contributed by atoms with Gasteiger partial charge in [0.05, 0.1) is 22.6 Å². The second-order valence-corrected chi connectivity index (χ2v) is 5.04. The third-order valence-corrected chi connectivity index (χ3v) is 3.55. The summed E-state index contributed by atoms with van der Waals surface area (Å²) < 4.78 is 1.74. The first kappa shape index (κ1) is 12.6. The minimum absolute atomic E-state index is 0.682. The van der Waals surface area contributed by atoms with E-state index in [2.05, 4.69) is 20.5 Å². The first-order valence-corrected chi connectivity index (χ1v) is 6.80. The Kier molecular flexibility index (Phi) is 3.77. The van der Waals surface area contributed by atoms with Crippen LogP contribution in [0.5, 0.6) is 0 Å². The highest BCUT2D eigenvalue weighted by Gasteiger charge is 2.12. The van der Waals surface area contributed by atoms with Crippen molar-refractivity contribution in [1.82, 2.24) is 25.2 Å². The highest BCUT2D eigenvalue weighted by molar-refractivity contribution is 6.32. The Morgan fingerprint density at radius 2 is 2.00 bits per heavy atom. The van der Waals surface area contributed by atoms with Crippen LogP contribution in [0.25, 0.3) is 5.69 Å². The fourth-order valence-corrected chi connectivity index (χ4v) is 2.45. The van der Waals surface area contributed by atoms with E-state index in [-0.39, 0.29) is 0 Å². The highest BCUT2D eigenvalue weighted by Crippen LogP contribution is 2.18. The average Bonchev–Trinajstić information content (AvgIpc) is 2.89. The number of piperazine rings is 1. The van der Waals surface area contributed by atoms with Crippen LogP contribution in [0.3, 0.4) is 0 Å². The van der Waals surface area contributed by atoms with Crippen molar-refractivity contribution >= 4 is 11.6 Å². The van der Waals surface area contributed by atoms with Gasteiger partial charge in [-0.05, 0) is 12.1 Å². The van der Waals surface area contributed by atoms with E-state index >= 15 is 0 Å². The van der Waals surface area contributed by atoms with Gasteiger partial charge in [-0.25, -0.2) is 4.68 Å². The SMILES string of the molecule is Clc1ccccc1-n1cc(CN2CCNCC2)nn1. The minimum atomic E-state index is 0.682. The molecule has 0 radical (unpaired) electrons. The Hall–Kier alpha value is -1.43. The molecule has 0 spiro atoms. The van der Waals surface area contributed by atoms with E-state index in [1.54, 1.807) is 4.68 Å². The first-order valence-electron chi connectivity index (χ1n) is 6.42. The van der Waals surface area contributed by atoms with Crippen LogP contribution in [0.4, 0.5) is 0 Å². The maximum Gasteiger partial charge on any atom is 0.0971 e. The lowest BCUT2D eigenvalue weighted by Crippen LogP contribution is -2.42. The third kappa shape index (κ3) is 2.94. The van der Waals surface area contributed by atoms with Gasteiger partial charge in [-0.2, -0.15) is 0 Å². The van der Waals surface area contributed by atoms with Crippen molar-refractivity contribution in [2.24, 2.45) is 0 Å².